The summed E-state index contributed by atoms with van der Waals surface area (Å²) in [5, 5.41) is 24.3. The minimum Gasteiger partial charge on any atom is -0.466 e. The van der Waals surface area contributed by atoms with Gasteiger partial charge in [-0.3, -0.25) is 9.59 Å². The van der Waals surface area contributed by atoms with Gasteiger partial charge in [0.15, 0.2) is 18.3 Å². The third-order valence-electron chi connectivity index (χ3n) is 5.27. The molecule has 52 heavy (non-hydrogen) atoms. The van der Waals surface area contributed by atoms with Crippen molar-refractivity contribution in [1.82, 2.24) is 0 Å². The normalized spacial score (nSPS) is 14.9. The van der Waals surface area contributed by atoms with Crippen molar-refractivity contribution in [2.45, 2.75) is 170 Å². The molecular weight excluding hydrogens is 787 g/mol. The monoisotopic (exact) mass is 875 g/mol. The zero-order valence-electron chi connectivity index (χ0n) is 25.9. The van der Waals surface area contributed by atoms with Crippen LogP contribution in [0.2, 0.25) is 0 Å². The van der Waals surface area contributed by atoms with Gasteiger partial charge in [0.2, 0.25) is 0 Å². The molecule has 2 fully saturated rings. The topological polar surface area (TPSA) is 201 Å². The number of ether oxygens (including phenoxy) is 6. The van der Waals surface area contributed by atoms with Crippen LogP contribution in [-0.2, 0) is 52.4 Å². The number of rotatable bonds is 13. The third kappa shape index (κ3) is 52.4. The number of unbranched alkanes of at least 4 members (excludes halogenated alkanes) is 2. The molecule has 0 aromatic heterocycles. The average molecular weight is 874 g/mol. The molecule has 0 aromatic carbocycles. The van der Waals surface area contributed by atoms with E-state index < -0.39 is 42.2 Å². The van der Waals surface area contributed by atoms with E-state index in [2.05, 4.69) is 9.47 Å². The maximum absolute atomic E-state index is 11.4. The molecule has 0 aromatic rings. The molecule has 0 saturated carbocycles. The first-order chi connectivity index (χ1) is 20.0. The second-order valence-corrected chi connectivity index (χ2v) is 9.17. The van der Waals surface area contributed by atoms with Gasteiger partial charge in [0.1, 0.15) is 0 Å². The SMILES string of the molecule is C.C.C.C.C.C.C.C.C.CC1OC(=O)C(C)OC1=O.COCCCCCC(=O)OC(C)C(=O)OCCCO.O=C1CCCCCO1.OCCCO.[Sn+2]. The summed E-state index contributed by atoms with van der Waals surface area (Å²) in [6.45, 7) is 6.04. The number of esters is 5. The molecule has 3 N–H and O–H groups in total. The minimum absolute atomic E-state index is 0. The van der Waals surface area contributed by atoms with E-state index in [1.54, 1.807) is 7.11 Å². The number of aliphatic hydroxyl groups excluding tert-OH is 3. The van der Waals surface area contributed by atoms with Crippen LogP contribution in [0, 0.1) is 0 Å². The van der Waals surface area contributed by atoms with Gasteiger partial charge in [0.05, 0.1) is 13.2 Å². The Hall–Kier alpha value is -2.01. The maximum atomic E-state index is 11.4. The molecule has 2 heterocycles. The molecule has 0 aliphatic carbocycles. The third-order valence-corrected chi connectivity index (χ3v) is 5.27. The van der Waals surface area contributed by atoms with Crippen LogP contribution in [0.15, 0.2) is 0 Å². The van der Waals surface area contributed by atoms with Crippen LogP contribution in [0.4, 0.5) is 0 Å². The van der Waals surface area contributed by atoms with Crippen molar-refractivity contribution in [3.63, 3.8) is 0 Å². The summed E-state index contributed by atoms with van der Waals surface area (Å²) in [5.74, 6) is -1.97. The van der Waals surface area contributed by atoms with Gasteiger partial charge in [-0.15, -0.1) is 0 Å². The number of carbonyl (C=O) groups excluding carboxylic acids is 5. The van der Waals surface area contributed by atoms with Gasteiger partial charge in [-0.2, -0.15) is 0 Å². The number of methoxy groups -OCH3 is 1. The number of cyclic esters (lactones) is 3. The van der Waals surface area contributed by atoms with Gasteiger partial charge in [0.25, 0.3) is 0 Å². The molecule has 2 saturated heterocycles. The van der Waals surface area contributed by atoms with Crippen molar-refractivity contribution >= 4 is 53.8 Å². The van der Waals surface area contributed by atoms with E-state index >= 15 is 0 Å². The Kier molecular flexibility index (Phi) is 93.2. The summed E-state index contributed by atoms with van der Waals surface area (Å²) in [5.41, 5.74) is 0. The van der Waals surface area contributed by atoms with E-state index in [1.165, 1.54) is 20.8 Å². The Morgan fingerprint density at radius 3 is 1.62 bits per heavy atom. The van der Waals surface area contributed by atoms with E-state index in [4.69, 9.17) is 34.3 Å². The molecular formula is C37H86O14Sn+2. The average Bonchev–Trinajstić information content (AvgIpc) is 3.20. The van der Waals surface area contributed by atoms with E-state index in [0.29, 0.717) is 38.9 Å². The Bertz CT molecular complexity index is 722. The Labute approximate surface area is 337 Å². The number of hydrogen-bond donors (Lipinski definition) is 3. The second kappa shape index (κ2) is 58.3. The molecule has 15 heteroatoms. The van der Waals surface area contributed by atoms with E-state index in [0.717, 1.165) is 32.1 Å². The largest absolute Gasteiger partial charge is 2.00 e. The summed E-state index contributed by atoms with van der Waals surface area (Å²) < 4.78 is 28.6. The van der Waals surface area contributed by atoms with Crippen LogP contribution in [0.1, 0.15) is 152 Å². The molecule has 0 bridgehead atoms. The molecule has 2 rings (SSSR count). The smallest absolute Gasteiger partial charge is 0.466 e. The van der Waals surface area contributed by atoms with Crippen LogP contribution < -0.4 is 0 Å². The van der Waals surface area contributed by atoms with Crippen LogP contribution in [-0.4, -0.2) is 134 Å². The fourth-order valence-electron chi connectivity index (χ4n) is 2.86. The first kappa shape index (κ1) is 83.1. The van der Waals surface area contributed by atoms with Crippen molar-refractivity contribution < 1.29 is 67.7 Å². The van der Waals surface area contributed by atoms with Crippen molar-refractivity contribution in [2.75, 3.05) is 46.8 Å². The number of carbonyl (C=O) groups is 5. The molecule has 2 aliphatic heterocycles. The van der Waals surface area contributed by atoms with E-state index in [1.807, 2.05) is 0 Å². The van der Waals surface area contributed by atoms with Crippen LogP contribution in [0.3, 0.4) is 0 Å². The fourth-order valence-corrected chi connectivity index (χ4v) is 2.86. The molecule has 320 valence electrons. The molecule has 0 spiro atoms. The molecule has 2 aliphatic rings. The summed E-state index contributed by atoms with van der Waals surface area (Å²) in [4.78, 5) is 54.6. The zero-order valence-corrected chi connectivity index (χ0v) is 28.7. The van der Waals surface area contributed by atoms with Gasteiger partial charge in [-0.25, -0.2) is 14.4 Å². The molecule has 14 nitrogen and oxygen atoms in total. The number of hydrogen-bond acceptors (Lipinski definition) is 14. The van der Waals surface area contributed by atoms with Gasteiger partial charge >= 0.3 is 53.8 Å². The summed E-state index contributed by atoms with van der Waals surface area (Å²) in [6, 6.07) is 0. The van der Waals surface area contributed by atoms with Gasteiger partial charge < -0.3 is 43.7 Å². The fraction of sp³-hybridized carbons (Fsp3) is 0.865. The van der Waals surface area contributed by atoms with Crippen LogP contribution >= 0.6 is 0 Å². The van der Waals surface area contributed by atoms with E-state index in [9.17, 15) is 24.0 Å². The Morgan fingerprint density at radius 2 is 1.19 bits per heavy atom. The van der Waals surface area contributed by atoms with Crippen molar-refractivity contribution in [2.24, 2.45) is 0 Å². The Morgan fingerprint density at radius 1 is 0.712 bits per heavy atom. The Balaban J connectivity index is -0.0000000420. The number of aliphatic hydroxyl groups is 3. The predicted molar refractivity (Wildman–Crippen MR) is 214 cm³/mol. The summed E-state index contributed by atoms with van der Waals surface area (Å²) >= 11 is 0. The molecule has 2 radical (unpaired) electrons. The maximum Gasteiger partial charge on any atom is 2.00 e. The molecule has 0 amide bonds. The van der Waals surface area contributed by atoms with Gasteiger partial charge in [0, 0.05) is 52.8 Å². The first-order valence-electron chi connectivity index (χ1n) is 14.3. The van der Waals surface area contributed by atoms with Crippen molar-refractivity contribution in [1.29, 1.82) is 0 Å². The van der Waals surface area contributed by atoms with Gasteiger partial charge in [-0.1, -0.05) is 73.3 Å². The molecule has 3 unspecified atom stereocenters. The van der Waals surface area contributed by atoms with Crippen molar-refractivity contribution in [3.05, 3.63) is 0 Å². The quantitative estimate of drug-likeness (QED) is 0.0762. The van der Waals surface area contributed by atoms with Crippen molar-refractivity contribution in [3.8, 4) is 0 Å². The standard InChI is InChI=1S/C13H24O6.C6H8O4.C6H10O2.C3H8O2.9CH4.Sn/c1-11(13(16)18-10-6-8-14)19-12(15)7-4-3-5-9-17-2;1-3-5(7)10-4(2)6(8)9-3;7-6-4-2-1-3-5-8-6;4-2-1-3-5;;;;;;;;;;/h11,14H,3-10H2,1-2H3;3-4H,1-2H3;1-5H2;4-5H,1-3H2;9*1H4;/q;;;;;;;;;;;;;+2. The second-order valence-electron chi connectivity index (χ2n) is 9.17. The molecule has 3 atom stereocenters. The first-order valence-corrected chi connectivity index (χ1v) is 14.3. The van der Waals surface area contributed by atoms with Gasteiger partial charge in [-0.05, 0) is 59.3 Å². The van der Waals surface area contributed by atoms with Crippen LogP contribution in [0.25, 0.3) is 0 Å². The predicted octanol–water partition coefficient (Wildman–Crippen LogP) is 6.72. The summed E-state index contributed by atoms with van der Waals surface area (Å²) in [6.07, 6.45) is 5.12. The minimum atomic E-state index is -0.898. The zero-order chi connectivity index (χ0) is 32.2. The van der Waals surface area contributed by atoms with E-state index in [-0.39, 0.29) is 130 Å². The van der Waals surface area contributed by atoms with Crippen LogP contribution in [0.5, 0.6) is 0 Å². The summed E-state index contributed by atoms with van der Waals surface area (Å²) in [7, 11) is 1.64.